The first-order valence-electron chi connectivity index (χ1n) is 6.40. The van der Waals surface area contributed by atoms with Crippen LogP contribution in [0.5, 0.6) is 0 Å². The van der Waals surface area contributed by atoms with Crippen LogP contribution in [0, 0.1) is 0 Å². The highest BCUT2D eigenvalue weighted by Gasteiger charge is 2.09. The summed E-state index contributed by atoms with van der Waals surface area (Å²) in [6.45, 7) is 7.60. The fraction of sp³-hybridized carbons (Fsp3) is 0.375. The van der Waals surface area contributed by atoms with Crippen LogP contribution in [-0.4, -0.2) is 12.3 Å². The van der Waals surface area contributed by atoms with Crippen molar-refractivity contribution in [2.75, 3.05) is 12.3 Å². The Morgan fingerprint density at radius 1 is 0.882 bits per heavy atom. The van der Waals surface area contributed by atoms with E-state index in [9.17, 15) is 0 Å². The van der Waals surface area contributed by atoms with Gasteiger partial charge in [-0.05, 0) is 43.3 Å². The number of hydrogen-bond donors (Lipinski definition) is 0. The van der Waals surface area contributed by atoms with Gasteiger partial charge in [0.25, 0.3) is 0 Å². The molecule has 0 atom stereocenters. The molecule has 0 saturated carbocycles. The Labute approximate surface area is 107 Å². The van der Waals surface area contributed by atoms with Gasteiger partial charge in [-0.1, -0.05) is 50.4 Å². The molecule has 0 unspecified atom stereocenters. The molecule has 0 amide bonds. The molecule has 0 aromatic heterocycles. The van der Waals surface area contributed by atoms with Gasteiger partial charge in [0, 0.05) is 0 Å². The predicted molar refractivity (Wildman–Crippen MR) is 81.6 cm³/mol. The molecule has 0 saturated heterocycles. The van der Waals surface area contributed by atoms with Crippen molar-refractivity contribution in [1.82, 2.24) is 0 Å². The second-order valence-corrected chi connectivity index (χ2v) is 6.67. The molecule has 1 aromatic rings. The molecular weight excluding hydrogens is 223 g/mol. The van der Waals surface area contributed by atoms with Gasteiger partial charge < -0.3 is 0 Å². The number of hydrogen-bond acceptors (Lipinski definition) is 0. The highest BCUT2D eigenvalue weighted by molar-refractivity contribution is 7.65. The maximum atomic E-state index is 3.80. The minimum Gasteiger partial charge on any atom is -0.103 e. The van der Waals surface area contributed by atoms with Crippen molar-refractivity contribution in [3.63, 3.8) is 0 Å². The Bertz CT molecular complexity index is 302. The quantitative estimate of drug-likeness (QED) is 0.336. The topological polar surface area (TPSA) is 0 Å². The Morgan fingerprint density at radius 2 is 1.41 bits per heavy atom. The second kappa shape index (κ2) is 9.19. The largest absolute Gasteiger partial charge is 0.103 e. The molecule has 0 aliphatic heterocycles. The smallest absolute Gasteiger partial charge is 0.0240 e. The lowest BCUT2D eigenvalue weighted by Gasteiger charge is -2.17. The molecule has 0 aliphatic rings. The molecule has 92 valence electrons. The van der Waals surface area contributed by atoms with Crippen LogP contribution in [0.25, 0.3) is 0 Å². The fourth-order valence-corrected chi connectivity index (χ4v) is 4.32. The van der Waals surface area contributed by atoms with Gasteiger partial charge in [0.1, 0.15) is 0 Å². The van der Waals surface area contributed by atoms with Crippen molar-refractivity contribution in [1.29, 1.82) is 0 Å². The molecule has 0 spiro atoms. The molecule has 1 heteroatoms. The molecular formula is C16H23P. The maximum Gasteiger partial charge on any atom is -0.0240 e. The van der Waals surface area contributed by atoms with Crippen molar-refractivity contribution in [3.05, 3.63) is 55.6 Å². The summed E-state index contributed by atoms with van der Waals surface area (Å²) in [5.74, 6) is 0. The zero-order valence-corrected chi connectivity index (χ0v) is 11.5. The van der Waals surface area contributed by atoms with Gasteiger partial charge in [-0.3, -0.25) is 0 Å². The first-order chi connectivity index (χ1) is 8.38. The van der Waals surface area contributed by atoms with E-state index in [1.165, 1.54) is 25.2 Å². The summed E-state index contributed by atoms with van der Waals surface area (Å²) in [5.41, 5.74) is 0. The molecule has 17 heavy (non-hydrogen) atoms. The third-order valence-corrected chi connectivity index (χ3v) is 5.53. The Balaban J connectivity index is 2.51. The van der Waals surface area contributed by atoms with Crippen LogP contribution >= 0.6 is 7.92 Å². The van der Waals surface area contributed by atoms with Crippen LogP contribution in [0.1, 0.15) is 25.7 Å². The van der Waals surface area contributed by atoms with Gasteiger partial charge in [0.15, 0.2) is 0 Å². The molecule has 0 fully saturated rings. The summed E-state index contributed by atoms with van der Waals surface area (Å²) in [5, 5.41) is 1.55. The van der Waals surface area contributed by atoms with E-state index >= 15 is 0 Å². The summed E-state index contributed by atoms with van der Waals surface area (Å²) < 4.78 is 0. The molecule has 1 aromatic carbocycles. The first-order valence-corrected chi connectivity index (χ1v) is 8.11. The lowest BCUT2D eigenvalue weighted by atomic mass is 10.3. The molecule has 1 rings (SSSR count). The van der Waals surface area contributed by atoms with Crippen molar-refractivity contribution >= 4 is 13.2 Å². The van der Waals surface area contributed by atoms with E-state index in [0.29, 0.717) is 0 Å². The van der Waals surface area contributed by atoms with Crippen LogP contribution in [-0.2, 0) is 0 Å². The molecule has 0 aliphatic carbocycles. The van der Waals surface area contributed by atoms with Gasteiger partial charge in [0.05, 0.1) is 0 Å². The highest BCUT2D eigenvalue weighted by atomic mass is 31.1. The van der Waals surface area contributed by atoms with Gasteiger partial charge in [0.2, 0.25) is 0 Å². The average Bonchev–Trinajstić information content (AvgIpc) is 2.38. The summed E-state index contributed by atoms with van der Waals surface area (Å²) >= 11 is 0. The van der Waals surface area contributed by atoms with Crippen molar-refractivity contribution in [2.24, 2.45) is 0 Å². The third kappa shape index (κ3) is 5.84. The van der Waals surface area contributed by atoms with E-state index in [1.807, 2.05) is 12.2 Å². The fourth-order valence-electron chi connectivity index (χ4n) is 1.86. The van der Waals surface area contributed by atoms with Gasteiger partial charge in [-0.25, -0.2) is 0 Å². The van der Waals surface area contributed by atoms with E-state index in [2.05, 4.69) is 43.5 Å². The first kappa shape index (κ1) is 14.2. The molecule has 0 heterocycles. The summed E-state index contributed by atoms with van der Waals surface area (Å²) in [6.07, 6.45) is 11.6. The maximum absolute atomic E-state index is 3.80. The Morgan fingerprint density at radius 3 is 1.88 bits per heavy atom. The van der Waals surface area contributed by atoms with Gasteiger partial charge >= 0.3 is 0 Å². The number of benzene rings is 1. The molecule has 0 bridgehead atoms. The second-order valence-electron chi connectivity index (χ2n) is 4.18. The average molecular weight is 246 g/mol. The highest BCUT2D eigenvalue weighted by Crippen LogP contribution is 2.36. The minimum absolute atomic E-state index is 0.0255. The van der Waals surface area contributed by atoms with Gasteiger partial charge in [-0.2, -0.15) is 0 Å². The molecule has 0 nitrogen and oxygen atoms in total. The van der Waals surface area contributed by atoms with E-state index < -0.39 is 0 Å². The van der Waals surface area contributed by atoms with Crippen LogP contribution in [0.3, 0.4) is 0 Å². The zero-order valence-electron chi connectivity index (χ0n) is 10.6. The summed E-state index contributed by atoms with van der Waals surface area (Å²) in [4.78, 5) is 0. The molecule has 0 N–H and O–H groups in total. The van der Waals surface area contributed by atoms with Crippen molar-refractivity contribution in [2.45, 2.75) is 25.7 Å². The van der Waals surface area contributed by atoms with Crippen LogP contribution < -0.4 is 5.30 Å². The van der Waals surface area contributed by atoms with Crippen LogP contribution in [0.4, 0.5) is 0 Å². The zero-order chi connectivity index (χ0) is 12.3. The summed E-state index contributed by atoms with van der Waals surface area (Å²) in [7, 11) is 0.0255. The predicted octanol–water partition coefficient (Wildman–Crippen LogP) is 4.73. The minimum atomic E-state index is 0.0255. The Kier molecular flexibility index (Phi) is 7.67. The SMILES string of the molecule is C=CCCCP(CCCC=C)c1ccccc1. The van der Waals surface area contributed by atoms with E-state index in [4.69, 9.17) is 0 Å². The lowest BCUT2D eigenvalue weighted by molar-refractivity contribution is 0.941. The lowest BCUT2D eigenvalue weighted by Crippen LogP contribution is -2.06. The van der Waals surface area contributed by atoms with Crippen molar-refractivity contribution < 1.29 is 0 Å². The Hall–Kier alpha value is -0.870. The van der Waals surface area contributed by atoms with Crippen molar-refractivity contribution in [3.8, 4) is 0 Å². The normalized spacial score (nSPS) is 10.4. The van der Waals surface area contributed by atoms with E-state index in [-0.39, 0.29) is 7.92 Å². The standard InChI is InChI=1S/C16H23P/c1-3-5-10-14-17(15-11-6-4-2)16-12-8-7-9-13-16/h3-4,7-9,12-13H,1-2,5-6,10-11,14-15H2. The van der Waals surface area contributed by atoms with Gasteiger partial charge in [-0.15, -0.1) is 13.2 Å². The number of allylic oxidation sites excluding steroid dienone is 2. The number of rotatable bonds is 9. The van der Waals surface area contributed by atoms with E-state index in [0.717, 1.165) is 12.8 Å². The number of unbranched alkanes of at least 4 members (excludes halogenated alkanes) is 2. The van der Waals surface area contributed by atoms with E-state index in [1.54, 1.807) is 5.30 Å². The van der Waals surface area contributed by atoms with Crippen LogP contribution in [0.2, 0.25) is 0 Å². The third-order valence-electron chi connectivity index (χ3n) is 2.79. The monoisotopic (exact) mass is 246 g/mol. The molecule has 0 radical (unpaired) electrons. The van der Waals surface area contributed by atoms with Crippen LogP contribution in [0.15, 0.2) is 55.6 Å². The summed E-state index contributed by atoms with van der Waals surface area (Å²) in [6, 6.07) is 11.0.